The van der Waals surface area contributed by atoms with E-state index < -0.39 is 30.7 Å². The molecule has 194 valence electrons. The third kappa shape index (κ3) is 7.98. The van der Waals surface area contributed by atoms with Gasteiger partial charge in [0.05, 0.1) is 26.4 Å². The minimum absolute atomic E-state index is 0.172. The van der Waals surface area contributed by atoms with Gasteiger partial charge in [0, 0.05) is 0 Å². The maximum absolute atomic E-state index is 10.3. The molecule has 1 fully saturated rings. The van der Waals surface area contributed by atoms with Gasteiger partial charge in [-0.25, -0.2) is 0 Å². The van der Waals surface area contributed by atoms with Crippen molar-refractivity contribution in [1.82, 2.24) is 0 Å². The molecule has 0 aliphatic carbocycles. The minimum atomic E-state index is -0.793. The van der Waals surface area contributed by atoms with Crippen molar-refractivity contribution in [1.29, 1.82) is 0 Å². The number of hydrogen-bond donors (Lipinski definition) is 1. The molecule has 37 heavy (non-hydrogen) atoms. The van der Waals surface area contributed by atoms with E-state index in [9.17, 15) is 5.11 Å². The van der Waals surface area contributed by atoms with E-state index in [1.54, 1.807) is 6.92 Å². The second-order valence-electron chi connectivity index (χ2n) is 8.75. The Balaban J connectivity index is 1.60. The van der Waals surface area contributed by atoms with E-state index in [4.69, 9.17) is 23.7 Å². The van der Waals surface area contributed by atoms with Crippen LogP contribution < -0.4 is 0 Å². The van der Waals surface area contributed by atoms with Gasteiger partial charge < -0.3 is 28.8 Å². The highest BCUT2D eigenvalue weighted by molar-refractivity contribution is 5.15. The summed E-state index contributed by atoms with van der Waals surface area (Å²) in [5.74, 6) is 5.74. The molecule has 1 unspecified atom stereocenters. The Labute approximate surface area is 219 Å². The lowest BCUT2D eigenvalue weighted by molar-refractivity contribution is -0.324. The minimum Gasteiger partial charge on any atom is -0.394 e. The zero-order chi connectivity index (χ0) is 25.7. The Kier molecular flexibility index (Phi) is 10.7. The topological polar surface area (TPSA) is 66.4 Å². The van der Waals surface area contributed by atoms with Crippen LogP contribution in [0.15, 0.2) is 91.0 Å². The largest absolute Gasteiger partial charge is 0.394 e. The molecule has 3 aromatic carbocycles. The van der Waals surface area contributed by atoms with Gasteiger partial charge in [-0.15, -0.1) is 5.92 Å². The molecule has 1 aliphatic rings. The quantitative estimate of drug-likeness (QED) is 0.368. The van der Waals surface area contributed by atoms with Crippen LogP contribution in [0.2, 0.25) is 0 Å². The Morgan fingerprint density at radius 2 is 1.11 bits per heavy atom. The van der Waals surface area contributed by atoms with Gasteiger partial charge in [-0.05, 0) is 23.6 Å². The molecule has 0 saturated carbocycles. The third-order valence-electron chi connectivity index (χ3n) is 6.12. The zero-order valence-corrected chi connectivity index (χ0v) is 21.1. The SMILES string of the molecule is CC#CCOC1O[C@H](CO)[C@@H](OCc2ccccc2)[C@H](OCc2ccccc2)[C@H]1OCc1ccccc1. The lowest BCUT2D eigenvalue weighted by Gasteiger charge is -2.45. The predicted octanol–water partition coefficient (Wildman–Crippen LogP) is 4.50. The molecule has 1 N–H and O–H groups in total. The summed E-state index contributed by atoms with van der Waals surface area (Å²) in [4.78, 5) is 0. The Morgan fingerprint density at radius 3 is 1.57 bits per heavy atom. The first-order chi connectivity index (χ1) is 18.3. The molecule has 6 nitrogen and oxygen atoms in total. The van der Waals surface area contributed by atoms with Gasteiger partial charge in [0.1, 0.15) is 31.0 Å². The number of ether oxygens (including phenoxy) is 5. The number of hydrogen-bond acceptors (Lipinski definition) is 6. The van der Waals surface area contributed by atoms with E-state index >= 15 is 0 Å². The van der Waals surface area contributed by atoms with Crippen LogP contribution in [-0.4, -0.2) is 49.0 Å². The van der Waals surface area contributed by atoms with Crippen molar-refractivity contribution in [2.24, 2.45) is 0 Å². The average Bonchev–Trinajstić information content (AvgIpc) is 2.96. The highest BCUT2D eigenvalue weighted by Crippen LogP contribution is 2.31. The van der Waals surface area contributed by atoms with Crippen molar-refractivity contribution in [2.75, 3.05) is 13.2 Å². The van der Waals surface area contributed by atoms with Gasteiger partial charge in [0.2, 0.25) is 0 Å². The lowest BCUT2D eigenvalue weighted by Crippen LogP contribution is -2.61. The molecule has 0 radical (unpaired) electrons. The van der Waals surface area contributed by atoms with Crippen LogP contribution in [0.5, 0.6) is 0 Å². The van der Waals surface area contributed by atoms with Crippen LogP contribution in [-0.2, 0) is 43.5 Å². The molecule has 5 atom stereocenters. The first-order valence-corrected chi connectivity index (χ1v) is 12.5. The second-order valence-corrected chi connectivity index (χ2v) is 8.75. The van der Waals surface area contributed by atoms with Gasteiger partial charge in [0.15, 0.2) is 6.29 Å². The summed E-state index contributed by atoms with van der Waals surface area (Å²) in [5, 5.41) is 10.3. The van der Waals surface area contributed by atoms with Crippen molar-refractivity contribution in [2.45, 2.75) is 57.5 Å². The Morgan fingerprint density at radius 1 is 0.649 bits per heavy atom. The van der Waals surface area contributed by atoms with Crippen molar-refractivity contribution in [3.05, 3.63) is 108 Å². The second kappa shape index (κ2) is 14.7. The number of benzene rings is 3. The summed E-state index contributed by atoms with van der Waals surface area (Å²) >= 11 is 0. The van der Waals surface area contributed by atoms with Crippen LogP contribution in [0.1, 0.15) is 23.6 Å². The van der Waals surface area contributed by atoms with Crippen LogP contribution in [0, 0.1) is 11.8 Å². The van der Waals surface area contributed by atoms with Gasteiger partial charge in [-0.1, -0.05) is 96.9 Å². The third-order valence-corrected chi connectivity index (χ3v) is 6.12. The smallest absolute Gasteiger partial charge is 0.188 e. The maximum Gasteiger partial charge on any atom is 0.188 e. The maximum atomic E-state index is 10.3. The molecule has 0 aromatic heterocycles. The molecule has 4 rings (SSSR count). The van der Waals surface area contributed by atoms with Crippen molar-refractivity contribution in [3.63, 3.8) is 0 Å². The Hall–Kier alpha value is -3.02. The van der Waals surface area contributed by atoms with E-state index in [0.717, 1.165) is 16.7 Å². The van der Waals surface area contributed by atoms with Gasteiger partial charge in [-0.3, -0.25) is 0 Å². The molecule has 1 heterocycles. The van der Waals surface area contributed by atoms with Gasteiger partial charge in [-0.2, -0.15) is 0 Å². The monoisotopic (exact) mass is 502 g/mol. The molecule has 6 heteroatoms. The molecule has 1 aliphatic heterocycles. The van der Waals surface area contributed by atoms with Crippen molar-refractivity contribution < 1.29 is 28.8 Å². The fraction of sp³-hybridized carbons (Fsp3) is 0.355. The molecular formula is C31H34O6. The van der Waals surface area contributed by atoms with Gasteiger partial charge in [0.25, 0.3) is 0 Å². The predicted molar refractivity (Wildman–Crippen MR) is 140 cm³/mol. The van der Waals surface area contributed by atoms with Crippen LogP contribution in [0.3, 0.4) is 0 Å². The summed E-state index contributed by atoms with van der Waals surface area (Å²) in [6, 6.07) is 29.7. The fourth-order valence-electron chi connectivity index (χ4n) is 4.22. The normalized spacial score (nSPS) is 23.2. The molecular weight excluding hydrogens is 468 g/mol. The highest BCUT2D eigenvalue weighted by Gasteiger charge is 2.48. The summed E-state index contributed by atoms with van der Waals surface area (Å²) < 4.78 is 31.4. The first kappa shape index (κ1) is 27.0. The number of aliphatic hydroxyl groups is 1. The van der Waals surface area contributed by atoms with Crippen molar-refractivity contribution >= 4 is 0 Å². The molecule has 3 aromatic rings. The van der Waals surface area contributed by atoms with Crippen molar-refractivity contribution in [3.8, 4) is 11.8 Å². The number of aliphatic hydroxyl groups excluding tert-OH is 1. The average molecular weight is 503 g/mol. The fourth-order valence-corrected chi connectivity index (χ4v) is 4.22. The van der Waals surface area contributed by atoms with Crippen LogP contribution in [0.25, 0.3) is 0 Å². The zero-order valence-electron chi connectivity index (χ0n) is 21.1. The van der Waals surface area contributed by atoms with E-state index in [-0.39, 0.29) is 13.2 Å². The van der Waals surface area contributed by atoms with Gasteiger partial charge >= 0.3 is 0 Å². The molecule has 0 bridgehead atoms. The summed E-state index contributed by atoms with van der Waals surface area (Å²) in [7, 11) is 0. The van der Waals surface area contributed by atoms with Crippen LogP contribution >= 0.6 is 0 Å². The standard InChI is InChI=1S/C31H34O6/c1-2-3-19-33-31-30(36-23-26-17-11-6-12-18-26)29(35-22-25-15-9-5-10-16-25)28(27(20-32)37-31)34-21-24-13-7-4-8-14-24/h4-18,27-32H,19-23H2,1H3/t27-,28-,29+,30-,31?/m1/s1. The first-order valence-electron chi connectivity index (χ1n) is 12.5. The van der Waals surface area contributed by atoms with E-state index in [1.165, 1.54) is 0 Å². The lowest BCUT2D eigenvalue weighted by atomic mass is 9.98. The molecule has 0 spiro atoms. The van der Waals surface area contributed by atoms with E-state index in [1.807, 2.05) is 91.0 Å². The number of rotatable bonds is 12. The molecule has 1 saturated heterocycles. The summed E-state index contributed by atoms with van der Waals surface area (Å²) in [6.45, 7) is 2.70. The highest BCUT2D eigenvalue weighted by atomic mass is 16.7. The van der Waals surface area contributed by atoms with Crippen LogP contribution in [0.4, 0.5) is 0 Å². The Bertz CT molecular complexity index is 1100. The summed E-state index contributed by atoms with van der Waals surface area (Å²) in [6.07, 6.45) is -3.24. The summed E-state index contributed by atoms with van der Waals surface area (Å²) in [5.41, 5.74) is 3.05. The van der Waals surface area contributed by atoms with E-state index in [2.05, 4.69) is 11.8 Å². The van der Waals surface area contributed by atoms with E-state index in [0.29, 0.717) is 19.8 Å². The molecule has 0 amide bonds.